The van der Waals surface area contributed by atoms with E-state index in [1.807, 2.05) is 0 Å². The normalized spacial score (nSPS) is 23.5. The van der Waals surface area contributed by atoms with Gasteiger partial charge in [-0.2, -0.15) is 0 Å². The molecule has 0 N–H and O–H groups in total. The first kappa shape index (κ1) is 16.6. The summed E-state index contributed by atoms with van der Waals surface area (Å²) in [7, 11) is 0. The maximum absolute atomic E-state index is 14.5. The van der Waals surface area contributed by atoms with Gasteiger partial charge in [0.1, 0.15) is 11.6 Å². The molecule has 2 aliphatic rings. The Labute approximate surface area is 144 Å². The minimum atomic E-state index is -0.781. The van der Waals surface area contributed by atoms with Crippen LogP contribution >= 0.6 is 0 Å². The maximum Gasteiger partial charge on any atom is 0.227 e. The van der Waals surface area contributed by atoms with E-state index >= 15 is 0 Å². The molecule has 1 atom stereocenters. The standard InChI is InChI=1S/C18H20F2N2O3/c19-13-3-4-14(15(20)10-13)18(5-8-23-9-6-18)17-22-21-16(25-17)12-2-1-7-24-11-12/h3-4,10,12H,1-2,5-9,11H2. The molecular weight excluding hydrogens is 330 g/mol. The first-order chi connectivity index (χ1) is 12.2. The van der Waals surface area contributed by atoms with Crippen LogP contribution in [0, 0.1) is 11.6 Å². The van der Waals surface area contributed by atoms with Gasteiger partial charge in [0.25, 0.3) is 0 Å². The van der Waals surface area contributed by atoms with Crippen molar-refractivity contribution in [2.75, 3.05) is 26.4 Å². The van der Waals surface area contributed by atoms with Gasteiger partial charge in [-0.25, -0.2) is 8.78 Å². The van der Waals surface area contributed by atoms with E-state index in [2.05, 4.69) is 10.2 Å². The monoisotopic (exact) mass is 350 g/mol. The second kappa shape index (κ2) is 6.80. The summed E-state index contributed by atoms with van der Waals surface area (Å²) in [6, 6.07) is 3.64. The Morgan fingerprint density at radius 1 is 1.04 bits per heavy atom. The minimum absolute atomic E-state index is 0.0740. The lowest BCUT2D eigenvalue weighted by molar-refractivity contribution is 0.0502. The number of nitrogens with zero attached hydrogens (tertiary/aromatic N) is 2. The van der Waals surface area contributed by atoms with E-state index in [-0.39, 0.29) is 5.92 Å². The molecule has 0 spiro atoms. The number of halogens is 2. The van der Waals surface area contributed by atoms with Crippen LogP contribution in [0.5, 0.6) is 0 Å². The van der Waals surface area contributed by atoms with Crippen molar-refractivity contribution in [1.29, 1.82) is 0 Å². The number of ether oxygens (including phenoxy) is 2. The highest BCUT2D eigenvalue weighted by atomic mass is 19.1. The van der Waals surface area contributed by atoms with Crippen LogP contribution in [0.4, 0.5) is 8.78 Å². The number of hydrogen-bond acceptors (Lipinski definition) is 5. The van der Waals surface area contributed by atoms with Crippen LogP contribution in [0.15, 0.2) is 22.6 Å². The fourth-order valence-corrected chi connectivity index (χ4v) is 3.72. The molecule has 2 aromatic rings. The van der Waals surface area contributed by atoms with Gasteiger partial charge in [0.05, 0.1) is 17.9 Å². The fourth-order valence-electron chi connectivity index (χ4n) is 3.72. The summed E-state index contributed by atoms with van der Waals surface area (Å²) in [5, 5.41) is 8.44. The Hall–Kier alpha value is -1.86. The van der Waals surface area contributed by atoms with Crippen molar-refractivity contribution in [2.45, 2.75) is 37.0 Å². The summed E-state index contributed by atoms with van der Waals surface area (Å²) in [6.07, 6.45) is 2.91. The van der Waals surface area contributed by atoms with E-state index in [0.29, 0.717) is 50.0 Å². The summed E-state index contributed by atoms with van der Waals surface area (Å²) in [5.74, 6) is -0.216. The summed E-state index contributed by atoms with van der Waals surface area (Å²) in [6.45, 7) is 2.23. The lowest BCUT2D eigenvalue weighted by Crippen LogP contribution is -2.36. The summed E-state index contributed by atoms with van der Waals surface area (Å²) >= 11 is 0. The highest BCUT2D eigenvalue weighted by molar-refractivity contribution is 5.34. The molecule has 134 valence electrons. The molecule has 2 fully saturated rings. The summed E-state index contributed by atoms with van der Waals surface area (Å²) < 4.78 is 44.8. The van der Waals surface area contributed by atoms with E-state index < -0.39 is 17.0 Å². The molecule has 2 saturated heterocycles. The Balaban J connectivity index is 1.73. The zero-order valence-corrected chi connectivity index (χ0v) is 13.8. The minimum Gasteiger partial charge on any atom is -0.424 e. The van der Waals surface area contributed by atoms with Crippen LogP contribution in [-0.2, 0) is 14.9 Å². The first-order valence-electron chi connectivity index (χ1n) is 8.64. The molecule has 0 saturated carbocycles. The molecule has 1 aromatic carbocycles. The van der Waals surface area contributed by atoms with Crippen LogP contribution in [0.1, 0.15) is 48.9 Å². The van der Waals surface area contributed by atoms with E-state index in [1.165, 1.54) is 12.1 Å². The molecule has 3 heterocycles. The summed E-state index contributed by atoms with van der Waals surface area (Å²) in [5.41, 5.74) is -0.399. The molecule has 0 bridgehead atoms. The highest BCUT2D eigenvalue weighted by Crippen LogP contribution is 2.42. The average molecular weight is 350 g/mol. The second-order valence-corrected chi connectivity index (χ2v) is 6.68. The molecule has 1 unspecified atom stereocenters. The first-order valence-corrected chi connectivity index (χ1v) is 8.64. The van der Waals surface area contributed by atoms with E-state index in [1.54, 1.807) is 0 Å². The van der Waals surface area contributed by atoms with Crippen molar-refractivity contribution < 1.29 is 22.7 Å². The maximum atomic E-state index is 14.5. The summed E-state index contributed by atoms with van der Waals surface area (Å²) in [4.78, 5) is 0. The highest BCUT2D eigenvalue weighted by Gasteiger charge is 2.43. The van der Waals surface area contributed by atoms with Crippen LogP contribution in [0.2, 0.25) is 0 Å². The van der Waals surface area contributed by atoms with Crippen molar-refractivity contribution >= 4 is 0 Å². The quantitative estimate of drug-likeness (QED) is 0.850. The van der Waals surface area contributed by atoms with Crippen LogP contribution < -0.4 is 0 Å². The third-order valence-electron chi connectivity index (χ3n) is 5.15. The van der Waals surface area contributed by atoms with Gasteiger partial charge >= 0.3 is 0 Å². The third kappa shape index (κ3) is 3.06. The van der Waals surface area contributed by atoms with Crippen molar-refractivity contribution in [3.8, 4) is 0 Å². The molecule has 4 rings (SSSR count). The predicted molar refractivity (Wildman–Crippen MR) is 84.3 cm³/mol. The lowest BCUT2D eigenvalue weighted by Gasteiger charge is -2.34. The zero-order chi connectivity index (χ0) is 17.3. The van der Waals surface area contributed by atoms with Gasteiger partial charge in [-0.3, -0.25) is 0 Å². The number of benzene rings is 1. The van der Waals surface area contributed by atoms with Crippen LogP contribution in [0.25, 0.3) is 0 Å². The van der Waals surface area contributed by atoms with Gasteiger partial charge in [0.15, 0.2) is 0 Å². The van der Waals surface area contributed by atoms with Gasteiger partial charge in [0.2, 0.25) is 11.8 Å². The number of aromatic nitrogens is 2. The van der Waals surface area contributed by atoms with Crippen molar-refractivity contribution in [2.24, 2.45) is 0 Å². The third-order valence-corrected chi connectivity index (χ3v) is 5.15. The molecule has 0 amide bonds. The van der Waals surface area contributed by atoms with E-state index in [9.17, 15) is 8.78 Å². The van der Waals surface area contributed by atoms with E-state index in [4.69, 9.17) is 13.9 Å². The number of hydrogen-bond donors (Lipinski definition) is 0. The molecule has 5 nitrogen and oxygen atoms in total. The largest absolute Gasteiger partial charge is 0.424 e. The van der Waals surface area contributed by atoms with Gasteiger partial charge in [-0.15, -0.1) is 10.2 Å². The van der Waals surface area contributed by atoms with Crippen molar-refractivity contribution in [3.05, 3.63) is 47.2 Å². The molecule has 2 aliphatic heterocycles. The predicted octanol–water partition coefficient (Wildman–Crippen LogP) is 3.34. The Morgan fingerprint density at radius 2 is 1.88 bits per heavy atom. The SMILES string of the molecule is Fc1ccc(C2(c3nnc(C4CCCOC4)o3)CCOCC2)c(F)c1. The van der Waals surface area contributed by atoms with E-state index in [0.717, 1.165) is 25.5 Å². The van der Waals surface area contributed by atoms with Crippen LogP contribution in [0.3, 0.4) is 0 Å². The topological polar surface area (TPSA) is 57.4 Å². The number of rotatable bonds is 3. The van der Waals surface area contributed by atoms with Gasteiger partial charge in [-0.05, 0) is 31.7 Å². The Kier molecular flexibility index (Phi) is 4.52. The molecule has 25 heavy (non-hydrogen) atoms. The van der Waals surface area contributed by atoms with Gasteiger partial charge in [0, 0.05) is 31.5 Å². The average Bonchev–Trinajstić information content (AvgIpc) is 3.14. The Bertz CT molecular complexity index is 738. The zero-order valence-electron chi connectivity index (χ0n) is 13.8. The van der Waals surface area contributed by atoms with Crippen molar-refractivity contribution in [3.63, 3.8) is 0 Å². The second-order valence-electron chi connectivity index (χ2n) is 6.68. The molecule has 0 aliphatic carbocycles. The van der Waals surface area contributed by atoms with Crippen molar-refractivity contribution in [1.82, 2.24) is 10.2 Å². The smallest absolute Gasteiger partial charge is 0.227 e. The fraction of sp³-hybridized carbons (Fsp3) is 0.556. The molecule has 0 radical (unpaired) electrons. The van der Waals surface area contributed by atoms with Gasteiger partial charge in [-0.1, -0.05) is 6.07 Å². The molecule has 7 heteroatoms. The lowest BCUT2D eigenvalue weighted by atomic mass is 9.73. The molecular formula is C18H20F2N2O3. The molecule has 1 aromatic heterocycles. The Morgan fingerprint density at radius 3 is 2.60 bits per heavy atom. The van der Waals surface area contributed by atoms with Crippen LogP contribution in [-0.4, -0.2) is 36.6 Å². The van der Waals surface area contributed by atoms with Gasteiger partial charge < -0.3 is 13.9 Å².